The largest absolute Gasteiger partial charge is 0.462 e. The summed E-state index contributed by atoms with van der Waals surface area (Å²) in [6.07, 6.45) is 0. The first kappa shape index (κ1) is 20.4. The lowest BCUT2D eigenvalue weighted by Gasteiger charge is -2.45. The Hall–Kier alpha value is -3.25. The zero-order chi connectivity index (χ0) is 23.0. The van der Waals surface area contributed by atoms with Gasteiger partial charge >= 0.3 is 5.97 Å². The summed E-state index contributed by atoms with van der Waals surface area (Å²) in [5, 5.41) is 0.403. The van der Waals surface area contributed by atoms with E-state index in [2.05, 4.69) is 24.3 Å². The van der Waals surface area contributed by atoms with E-state index in [0.717, 1.165) is 32.7 Å². The molecule has 0 saturated carbocycles. The molecule has 5 nitrogen and oxygen atoms in total. The summed E-state index contributed by atoms with van der Waals surface area (Å²) >= 11 is 1.32. The van der Waals surface area contributed by atoms with Crippen LogP contribution in [-0.2, 0) is 14.3 Å². The van der Waals surface area contributed by atoms with Gasteiger partial charge in [-0.1, -0.05) is 48.5 Å². The van der Waals surface area contributed by atoms with Crippen LogP contribution in [0.15, 0.2) is 48.5 Å². The van der Waals surface area contributed by atoms with Crippen LogP contribution in [0.2, 0.25) is 0 Å². The zero-order valence-electron chi connectivity index (χ0n) is 18.6. The van der Waals surface area contributed by atoms with Crippen molar-refractivity contribution in [2.24, 2.45) is 11.8 Å². The number of esters is 1. The molecule has 33 heavy (non-hydrogen) atoms. The summed E-state index contributed by atoms with van der Waals surface area (Å²) < 4.78 is 5.29. The number of anilines is 1. The van der Waals surface area contributed by atoms with Crippen molar-refractivity contribution in [1.29, 1.82) is 0 Å². The summed E-state index contributed by atoms with van der Waals surface area (Å²) in [7, 11) is 0. The summed E-state index contributed by atoms with van der Waals surface area (Å²) in [5.74, 6) is -2.18. The summed E-state index contributed by atoms with van der Waals surface area (Å²) in [6, 6.07) is 16.3. The van der Waals surface area contributed by atoms with Gasteiger partial charge in [-0.2, -0.15) is 0 Å². The number of hydrogen-bond donors (Lipinski definition) is 0. The SMILES string of the molecule is CCOC(=O)c1c(N2C(=O)[C@H]3C4c5ccccc5C(c5ccccc54)[C@@H]3C2=O)sc(C)c1C. The molecule has 3 aliphatic carbocycles. The Bertz CT molecular complexity index is 1240. The maximum absolute atomic E-state index is 14.0. The van der Waals surface area contributed by atoms with E-state index in [0.29, 0.717) is 10.6 Å². The molecule has 1 saturated heterocycles. The molecule has 2 amide bonds. The average molecular weight is 458 g/mol. The van der Waals surface area contributed by atoms with Crippen molar-refractivity contribution < 1.29 is 19.1 Å². The van der Waals surface area contributed by atoms with Crippen LogP contribution in [0.5, 0.6) is 0 Å². The Morgan fingerprint density at radius 3 is 1.76 bits per heavy atom. The van der Waals surface area contributed by atoms with Gasteiger partial charge in [-0.3, -0.25) is 9.59 Å². The van der Waals surface area contributed by atoms with Crippen molar-refractivity contribution in [3.05, 3.63) is 86.8 Å². The number of hydrogen-bond acceptors (Lipinski definition) is 5. The van der Waals surface area contributed by atoms with Crippen molar-refractivity contribution in [1.82, 2.24) is 0 Å². The number of amides is 2. The van der Waals surface area contributed by atoms with Crippen LogP contribution in [0.25, 0.3) is 0 Å². The van der Waals surface area contributed by atoms with Crippen LogP contribution < -0.4 is 4.90 Å². The highest BCUT2D eigenvalue weighted by molar-refractivity contribution is 7.17. The van der Waals surface area contributed by atoms with Crippen molar-refractivity contribution in [2.75, 3.05) is 11.5 Å². The Morgan fingerprint density at radius 1 is 0.879 bits per heavy atom. The van der Waals surface area contributed by atoms with Crippen LogP contribution in [0.4, 0.5) is 5.00 Å². The lowest BCUT2D eigenvalue weighted by atomic mass is 9.55. The van der Waals surface area contributed by atoms with E-state index in [4.69, 9.17) is 4.74 Å². The average Bonchev–Trinajstić information content (AvgIpc) is 3.26. The molecule has 1 aromatic heterocycles. The molecule has 166 valence electrons. The molecule has 7 rings (SSSR count). The third-order valence-corrected chi connectivity index (χ3v) is 8.69. The van der Waals surface area contributed by atoms with Crippen LogP contribution in [0, 0.1) is 25.7 Å². The van der Waals surface area contributed by atoms with Crippen LogP contribution in [-0.4, -0.2) is 24.4 Å². The molecule has 0 N–H and O–H groups in total. The van der Waals surface area contributed by atoms with Crippen molar-refractivity contribution >= 4 is 34.1 Å². The van der Waals surface area contributed by atoms with E-state index in [-0.39, 0.29) is 30.3 Å². The van der Waals surface area contributed by atoms with E-state index in [1.807, 2.05) is 38.1 Å². The molecule has 6 heteroatoms. The van der Waals surface area contributed by atoms with Gasteiger partial charge in [0.2, 0.25) is 11.8 Å². The lowest BCUT2D eigenvalue weighted by molar-refractivity contribution is -0.122. The number of nitrogens with zero attached hydrogens (tertiary/aromatic N) is 1. The minimum Gasteiger partial charge on any atom is -0.462 e. The Kier molecular flexibility index (Phi) is 4.40. The second-order valence-corrected chi connectivity index (χ2v) is 10.2. The normalized spacial score (nSPS) is 24.5. The minimum absolute atomic E-state index is 0.165. The Balaban J connectivity index is 1.54. The van der Waals surface area contributed by atoms with Crippen molar-refractivity contribution in [2.45, 2.75) is 32.6 Å². The number of aryl methyl sites for hydroxylation is 1. The summed E-state index contributed by atoms with van der Waals surface area (Å²) in [4.78, 5) is 43.0. The predicted molar refractivity (Wildman–Crippen MR) is 126 cm³/mol. The highest BCUT2D eigenvalue weighted by Gasteiger charge is 2.62. The highest BCUT2D eigenvalue weighted by atomic mass is 32.1. The van der Waals surface area contributed by atoms with Gasteiger partial charge in [-0.15, -0.1) is 11.3 Å². The Labute approximate surface area is 196 Å². The molecule has 0 radical (unpaired) electrons. The molecule has 2 heterocycles. The number of thiophene rings is 1. The fourth-order valence-electron chi connectivity index (χ4n) is 6.09. The van der Waals surface area contributed by atoms with E-state index >= 15 is 0 Å². The number of rotatable bonds is 3. The van der Waals surface area contributed by atoms with Gasteiger partial charge in [0.15, 0.2) is 0 Å². The molecule has 3 aromatic rings. The fourth-order valence-corrected chi connectivity index (χ4v) is 7.24. The number of carbonyl (C=O) groups excluding carboxylic acids is 3. The van der Waals surface area contributed by atoms with Crippen LogP contribution >= 0.6 is 11.3 Å². The molecule has 0 spiro atoms. The van der Waals surface area contributed by atoms with E-state index < -0.39 is 17.8 Å². The molecule has 2 aromatic carbocycles. The predicted octanol–water partition coefficient (Wildman–Crippen LogP) is 4.94. The third-order valence-electron chi connectivity index (χ3n) is 7.50. The first-order valence-corrected chi connectivity index (χ1v) is 12.1. The zero-order valence-corrected chi connectivity index (χ0v) is 19.4. The van der Waals surface area contributed by atoms with E-state index in [9.17, 15) is 14.4 Å². The second kappa shape index (κ2) is 7.12. The van der Waals surface area contributed by atoms with Crippen molar-refractivity contribution in [3.8, 4) is 0 Å². The van der Waals surface area contributed by atoms with Crippen molar-refractivity contribution in [3.63, 3.8) is 0 Å². The summed E-state index contributed by atoms with van der Waals surface area (Å²) in [6.45, 7) is 5.72. The molecule has 2 bridgehead atoms. The maximum atomic E-state index is 14.0. The number of benzene rings is 2. The quantitative estimate of drug-likeness (QED) is 0.413. The van der Waals surface area contributed by atoms with Crippen LogP contribution in [0.1, 0.15) is 61.8 Å². The molecular weight excluding hydrogens is 434 g/mol. The van der Waals surface area contributed by atoms with Gasteiger partial charge in [0.25, 0.3) is 0 Å². The van der Waals surface area contributed by atoms with Gasteiger partial charge in [0, 0.05) is 16.7 Å². The maximum Gasteiger partial charge on any atom is 0.341 e. The first-order chi connectivity index (χ1) is 16.0. The summed E-state index contributed by atoms with van der Waals surface area (Å²) in [5.41, 5.74) is 5.63. The molecule has 2 atom stereocenters. The topological polar surface area (TPSA) is 63.7 Å². The molecule has 0 unspecified atom stereocenters. The van der Waals surface area contributed by atoms with Gasteiger partial charge < -0.3 is 4.74 Å². The molecule has 4 aliphatic rings. The minimum atomic E-state index is -0.487. The fraction of sp³-hybridized carbons (Fsp3) is 0.296. The van der Waals surface area contributed by atoms with E-state index in [1.54, 1.807) is 6.92 Å². The molecule has 1 aliphatic heterocycles. The molecular formula is C27H23NO4S. The number of ether oxygens (including phenoxy) is 1. The second-order valence-electron chi connectivity index (χ2n) is 8.96. The van der Waals surface area contributed by atoms with Gasteiger partial charge in [0.1, 0.15) is 5.00 Å². The van der Waals surface area contributed by atoms with Gasteiger partial charge in [-0.25, -0.2) is 9.69 Å². The first-order valence-electron chi connectivity index (χ1n) is 11.3. The number of carbonyl (C=O) groups is 3. The van der Waals surface area contributed by atoms with Gasteiger partial charge in [0.05, 0.1) is 24.0 Å². The third kappa shape index (κ3) is 2.55. The smallest absolute Gasteiger partial charge is 0.341 e. The monoisotopic (exact) mass is 457 g/mol. The Morgan fingerprint density at radius 2 is 1.33 bits per heavy atom. The van der Waals surface area contributed by atoms with Gasteiger partial charge in [-0.05, 0) is 48.6 Å². The number of imide groups is 1. The highest BCUT2D eigenvalue weighted by Crippen LogP contribution is 2.61. The van der Waals surface area contributed by atoms with Crippen LogP contribution in [0.3, 0.4) is 0 Å². The molecule has 1 fully saturated rings. The standard InChI is InChI=1S/C27H23NO4S/c1-4-32-27(31)19-13(2)14(3)33-26(19)28-24(29)22-20-15-9-5-6-10-16(15)21(23(22)25(28)30)18-12-8-7-11-17(18)20/h5-12,20-23H,4H2,1-3H3/t20?,21?,22-,23-/m0/s1. The van der Waals surface area contributed by atoms with E-state index in [1.165, 1.54) is 16.2 Å². The lowest BCUT2D eigenvalue weighted by Crippen LogP contribution is -2.41.